The number of halogens is 1. The molecular weight excluding hydrogens is 285 g/mol. The first-order valence-corrected chi connectivity index (χ1v) is 6.62. The van der Waals surface area contributed by atoms with Crippen molar-refractivity contribution in [2.75, 3.05) is 5.32 Å². The number of amides is 1. The van der Waals surface area contributed by atoms with Crippen LogP contribution < -0.4 is 10.9 Å². The molecule has 5 nitrogen and oxygen atoms in total. The minimum absolute atomic E-state index is 0.0388. The number of hydrogen-bond donors (Lipinski definition) is 1. The second kappa shape index (κ2) is 5.40. The van der Waals surface area contributed by atoms with Crippen molar-refractivity contribution < 1.29 is 9.18 Å². The Bertz CT molecular complexity index is 934. The van der Waals surface area contributed by atoms with E-state index in [0.29, 0.717) is 11.3 Å². The third-order valence-corrected chi connectivity index (χ3v) is 3.27. The number of carbonyl (C=O) groups excluding carboxylic acids is 1. The second-order valence-electron chi connectivity index (χ2n) is 4.74. The summed E-state index contributed by atoms with van der Waals surface area (Å²) < 4.78 is 15.0. The molecule has 2 heterocycles. The molecule has 0 fully saturated rings. The smallest absolute Gasteiger partial charge is 0.281 e. The normalized spacial score (nSPS) is 10.6. The maximum absolute atomic E-state index is 13.6. The van der Waals surface area contributed by atoms with Gasteiger partial charge in [-0.05, 0) is 31.2 Å². The maximum atomic E-state index is 13.6. The van der Waals surface area contributed by atoms with Crippen molar-refractivity contribution in [3.63, 3.8) is 0 Å². The second-order valence-corrected chi connectivity index (χ2v) is 4.74. The zero-order valence-corrected chi connectivity index (χ0v) is 11.7. The fourth-order valence-electron chi connectivity index (χ4n) is 2.17. The first kappa shape index (κ1) is 13.9. The molecule has 110 valence electrons. The van der Waals surface area contributed by atoms with Crippen LogP contribution in [0.5, 0.6) is 0 Å². The molecule has 22 heavy (non-hydrogen) atoms. The van der Waals surface area contributed by atoms with Gasteiger partial charge in [-0.3, -0.25) is 14.0 Å². The quantitative estimate of drug-likeness (QED) is 0.790. The number of aromatic nitrogens is 2. The molecule has 0 saturated carbocycles. The van der Waals surface area contributed by atoms with Gasteiger partial charge in [0, 0.05) is 6.20 Å². The largest absolute Gasteiger partial charge is 0.316 e. The maximum Gasteiger partial charge on any atom is 0.281 e. The first-order chi connectivity index (χ1) is 10.6. The van der Waals surface area contributed by atoms with Crippen LogP contribution in [0.1, 0.15) is 16.1 Å². The molecule has 0 bridgehead atoms. The number of nitrogens with zero attached hydrogens (tertiary/aromatic N) is 2. The van der Waals surface area contributed by atoms with E-state index in [1.165, 1.54) is 22.6 Å². The van der Waals surface area contributed by atoms with Crippen LogP contribution in [0.2, 0.25) is 0 Å². The van der Waals surface area contributed by atoms with Gasteiger partial charge in [-0.25, -0.2) is 9.37 Å². The molecule has 0 atom stereocenters. The van der Waals surface area contributed by atoms with Gasteiger partial charge in [0.15, 0.2) is 0 Å². The molecule has 2 aromatic heterocycles. The number of carbonyl (C=O) groups is 1. The highest BCUT2D eigenvalue weighted by Crippen LogP contribution is 2.12. The lowest BCUT2D eigenvalue weighted by Gasteiger charge is -2.09. The van der Waals surface area contributed by atoms with E-state index >= 15 is 0 Å². The van der Waals surface area contributed by atoms with E-state index in [9.17, 15) is 14.0 Å². The van der Waals surface area contributed by atoms with Gasteiger partial charge in [0.2, 0.25) is 0 Å². The summed E-state index contributed by atoms with van der Waals surface area (Å²) in [6, 6.07) is 10.7. The zero-order valence-electron chi connectivity index (χ0n) is 11.7. The van der Waals surface area contributed by atoms with Crippen LogP contribution in [0.25, 0.3) is 5.65 Å². The standard InChI is InChI=1S/C16H12FN3O2/c1-10-14(16(22)20-9-5-4-8-13(20)18-10)19-15(21)11-6-2-3-7-12(11)17/h2-9H,1H3,(H,19,21). The summed E-state index contributed by atoms with van der Waals surface area (Å²) in [6.45, 7) is 1.62. The number of pyridine rings is 1. The molecule has 0 radical (unpaired) electrons. The number of benzene rings is 1. The number of nitrogens with one attached hydrogen (secondary N) is 1. The van der Waals surface area contributed by atoms with Crippen molar-refractivity contribution in [1.82, 2.24) is 9.38 Å². The Hall–Kier alpha value is -3.02. The van der Waals surface area contributed by atoms with E-state index in [0.717, 1.165) is 0 Å². The average Bonchev–Trinajstić information content (AvgIpc) is 2.51. The van der Waals surface area contributed by atoms with Gasteiger partial charge in [0.25, 0.3) is 11.5 Å². The molecule has 1 aromatic carbocycles. The number of anilines is 1. The van der Waals surface area contributed by atoms with Gasteiger partial charge in [-0.15, -0.1) is 0 Å². The summed E-state index contributed by atoms with van der Waals surface area (Å²) in [6.07, 6.45) is 1.56. The van der Waals surface area contributed by atoms with Crippen molar-refractivity contribution in [3.8, 4) is 0 Å². The SMILES string of the molecule is Cc1nc2ccccn2c(=O)c1NC(=O)c1ccccc1F. The molecule has 3 aromatic rings. The van der Waals surface area contributed by atoms with Crippen LogP contribution in [0.15, 0.2) is 53.5 Å². The Kier molecular flexibility index (Phi) is 3.42. The summed E-state index contributed by atoms with van der Waals surface area (Å²) in [7, 11) is 0. The Morgan fingerprint density at radius 3 is 2.68 bits per heavy atom. The lowest BCUT2D eigenvalue weighted by molar-refractivity contribution is 0.102. The number of hydrogen-bond acceptors (Lipinski definition) is 3. The number of fused-ring (bicyclic) bond motifs is 1. The summed E-state index contributed by atoms with van der Waals surface area (Å²) in [5.41, 5.74) is 0.360. The van der Waals surface area contributed by atoms with E-state index < -0.39 is 17.3 Å². The Labute approximate surface area is 125 Å². The van der Waals surface area contributed by atoms with Crippen molar-refractivity contribution in [1.29, 1.82) is 0 Å². The van der Waals surface area contributed by atoms with E-state index in [4.69, 9.17) is 0 Å². The molecular formula is C16H12FN3O2. The van der Waals surface area contributed by atoms with Crippen molar-refractivity contribution in [2.45, 2.75) is 6.92 Å². The predicted molar refractivity (Wildman–Crippen MR) is 80.6 cm³/mol. The van der Waals surface area contributed by atoms with Crippen LogP contribution >= 0.6 is 0 Å². The number of aryl methyl sites for hydroxylation is 1. The van der Waals surface area contributed by atoms with E-state index in [2.05, 4.69) is 10.3 Å². The van der Waals surface area contributed by atoms with Crippen LogP contribution in [-0.4, -0.2) is 15.3 Å². The highest BCUT2D eigenvalue weighted by molar-refractivity contribution is 6.04. The van der Waals surface area contributed by atoms with E-state index in [1.54, 1.807) is 37.4 Å². The lowest BCUT2D eigenvalue weighted by Crippen LogP contribution is -2.25. The van der Waals surface area contributed by atoms with Gasteiger partial charge in [-0.2, -0.15) is 0 Å². The molecule has 1 N–H and O–H groups in total. The van der Waals surface area contributed by atoms with Crippen molar-refractivity contribution >= 4 is 17.2 Å². The third-order valence-electron chi connectivity index (χ3n) is 3.27. The molecule has 0 aliphatic carbocycles. The number of rotatable bonds is 2. The van der Waals surface area contributed by atoms with E-state index in [1.807, 2.05) is 0 Å². The third kappa shape index (κ3) is 2.35. The molecule has 0 aliphatic rings. The van der Waals surface area contributed by atoms with Gasteiger partial charge < -0.3 is 5.32 Å². The Balaban J connectivity index is 2.06. The van der Waals surface area contributed by atoms with Gasteiger partial charge in [0.05, 0.1) is 11.3 Å². The highest BCUT2D eigenvalue weighted by atomic mass is 19.1. The average molecular weight is 297 g/mol. The summed E-state index contributed by atoms with van der Waals surface area (Å²) in [5, 5.41) is 2.45. The molecule has 0 aliphatic heterocycles. The van der Waals surface area contributed by atoms with Crippen molar-refractivity contribution in [2.24, 2.45) is 0 Å². The Morgan fingerprint density at radius 1 is 1.18 bits per heavy atom. The highest BCUT2D eigenvalue weighted by Gasteiger charge is 2.16. The summed E-state index contributed by atoms with van der Waals surface area (Å²) in [5.74, 6) is -1.33. The molecule has 6 heteroatoms. The van der Waals surface area contributed by atoms with Crippen LogP contribution in [0.3, 0.4) is 0 Å². The fourth-order valence-corrected chi connectivity index (χ4v) is 2.17. The predicted octanol–water partition coefficient (Wildman–Crippen LogP) is 2.39. The zero-order chi connectivity index (χ0) is 15.7. The first-order valence-electron chi connectivity index (χ1n) is 6.62. The van der Waals surface area contributed by atoms with Crippen LogP contribution in [0, 0.1) is 12.7 Å². The molecule has 3 rings (SSSR count). The summed E-state index contributed by atoms with van der Waals surface area (Å²) >= 11 is 0. The monoisotopic (exact) mass is 297 g/mol. The minimum Gasteiger partial charge on any atom is -0.316 e. The lowest BCUT2D eigenvalue weighted by atomic mass is 10.2. The van der Waals surface area contributed by atoms with Gasteiger partial charge >= 0.3 is 0 Å². The molecule has 0 unspecified atom stereocenters. The van der Waals surface area contributed by atoms with Gasteiger partial charge in [0.1, 0.15) is 17.2 Å². The van der Waals surface area contributed by atoms with Gasteiger partial charge in [-0.1, -0.05) is 18.2 Å². The topological polar surface area (TPSA) is 63.5 Å². The Morgan fingerprint density at radius 2 is 1.91 bits per heavy atom. The van der Waals surface area contributed by atoms with Crippen LogP contribution in [-0.2, 0) is 0 Å². The molecule has 0 spiro atoms. The van der Waals surface area contributed by atoms with E-state index in [-0.39, 0.29) is 11.3 Å². The van der Waals surface area contributed by atoms with Crippen molar-refractivity contribution in [3.05, 3.63) is 76.1 Å². The fraction of sp³-hybridized carbons (Fsp3) is 0.0625. The molecule has 1 amide bonds. The minimum atomic E-state index is -0.684. The summed E-state index contributed by atoms with van der Waals surface area (Å²) in [4.78, 5) is 28.8. The molecule has 0 saturated heterocycles. The van der Waals surface area contributed by atoms with Crippen LogP contribution in [0.4, 0.5) is 10.1 Å².